The number of hydrogen-bond acceptors (Lipinski definition) is 4. The Morgan fingerprint density at radius 3 is 2.48 bits per heavy atom. The van der Waals surface area contributed by atoms with Crippen molar-refractivity contribution in [1.29, 1.82) is 0 Å². The van der Waals surface area contributed by atoms with Crippen LogP contribution < -0.4 is 10.6 Å². The summed E-state index contributed by atoms with van der Waals surface area (Å²) in [6.07, 6.45) is 15.7. The van der Waals surface area contributed by atoms with Crippen molar-refractivity contribution in [3.63, 3.8) is 0 Å². The number of carbonyl (C=O) groups is 1. The quantitative estimate of drug-likeness (QED) is 0.330. The van der Waals surface area contributed by atoms with Crippen LogP contribution in [0.2, 0.25) is 0 Å². The standard InChI is InChI=1S/C29H52N2O2/c1-20(2)30-17-18-31-23-13-15-29(4)22(19-23)9-11-24-25-12-10-21(7-6-8-27(32)33-5)28(25,3)16-14-26(24)29/h20-26,30-31H,6-19H2,1-5H3/t21?,22-,23?,24?,25?,26?,28?,29?/m0/s1. The molecular weight excluding hydrogens is 408 g/mol. The fraction of sp³-hybridized carbons (Fsp3) is 0.966. The van der Waals surface area contributed by atoms with Crippen LogP contribution in [0.4, 0.5) is 0 Å². The minimum atomic E-state index is -0.0362. The van der Waals surface area contributed by atoms with E-state index in [4.69, 9.17) is 4.74 Å². The first kappa shape index (κ1) is 25.5. The molecule has 4 saturated carbocycles. The highest BCUT2D eigenvalue weighted by Crippen LogP contribution is 2.67. The molecule has 2 N–H and O–H groups in total. The van der Waals surface area contributed by atoms with E-state index in [9.17, 15) is 4.79 Å². The number of methoxy groups -OCH3 is 1. The number of nitrogens with one attached hydrogen (secondary N) is 2. The van der Waals surface area contributed by atoms with Crippen LogP contribution in [-0.4, -0.2) is 38.3 Å². The molecular formula is C29H52N2O2. The molecule has 4 nitrogen and oxygen atoms in total. The van der Waals surface area contributed by atoms with Crippen LogP contribution in [0.5, 0.6) is 0 Å². The molecule has 4 aliphatic carbocycles. The largest absolute Gasteiger partial charge is 0.469 e. The van der Waals surface area contributed by atoms with Gasteiger partial charge in [0.25, 0.3) is 0 Å². The van der Waals surface area contributed by atoms with Gasteiger partial charge in [-0.05, 0) is 111 Å². The van der Waals surface area contributed by atoms with E-state index in [1.54, 1.807) is 0 Å². The number of carbonyl (C=O) groups excluding carboxylic acids is 1. The highest BCUT2D eigenvalue weighted by Gasteiger charge is 2.59. The summed E-state index contributed by atoms with van der Waals surface area (Å²) in [7, 11) is 1.51. The zero-order valence-electron chi connectivity index (χ0n) is 22.3. The molecule has 0 radical (unpaired) electrons. The third-order valence-electron chi connectivity index (χ3n) is 11.1. The fourth-order valence-corrected chi connectivity index (χ4v) is 9.26. The molecule has 0 bridgehead atoms. The van der Waals surface area contributed by atoms with Crippen molar-refractivity contribution in [2.75, 3.05) is 20.2 Å². The van der Waals surface area contributed by atoms with Crippen molar-refractivity contribution < 1.29 is 9.53 Å². The van der Waals surface area contributed by atoms with E-state index in [0.717, 1.165) is 55.1 Å². The van der Waals surface area contributed by atoms with Gasteiger partial charge in [0.2, 0.25) is 0 Å². The molecule has 0 spiro atoms. The molecule has 0 aliphatic heterocycles. The van der Waals surface area contributed by atoms with Gasteiger partial charge in [0, 0.05) is 31.6 Å². The van der Waals surface area contributed by atoms with Crippen molar-refractivity contribution in [2.24, 2.45) is 40.4 Å². The van der Waals surface area contributed by atoms with E-state index < -0.39 is 0 Å². The second kappa shape index (κ2) is 10.6. The number of hydrogen-bond donors (Lipinski definition) is 2. The Balaban J connectivity index is 1.33. The van der Waals surface area contributed by atoms with Crippen molar-refractivity contribution in [1.82, 2.24) is 10.6 Å². The highest BCUT2D eigenvalue weighted by molar-refractivity contribution is 5.68. The molecule has 190 valence electrons. The lowest BCUT2D eigenvalue weighted by Gasteiger charge is -2.61. The molecule has 0 amide bonds. The molecule has 7 unspecified atom stereocenters. The molecule has 0 aromatic carbocycles. The monoisotopic (exact) mass is 460 g/mol. The first-order chi connectivity index (χ1) is 15.8. The summed E-state index contributed by atoms with van der Waals surface area (Å²) < 4.78 is 4.88. The third-order valence-corrected chi connectivity index (χ3v) is 11.1. The summed E-state index contributed by atoms with van der Waals surface area (Å²) >= 11 is 0. The Morgan fingerprint density at radius 2 is 1.73 bits per heavy atom. The Hall–Kier alpha value is -0.610. The second-order valence-electron chi connectivity index (χ2n) is 13.0. The minimum absolute atomic E-state index is 0.0362. The Bertz CT molecular complexity index is 666. The van der Waals surface area contributed by atoms with E-state index in [0.29, 0.717) is 23.3 Å². The van der Waals surface area contributed by atoms with Gasteiger partial charge in [-0.2, -0.15) is 0 Å². The molecule has 4 fully saturated rings. The van der Waals surface area contributed by atoms with Crippen LogP contribution in [0.25, 0.3) is 0 Å². The molecule has 0 aromatic rings. The number of fused-ring (bicyclic) bond motifs is 5. The normalized spacial score (nSPS) is 42.5. The number of esters is 1. The van der Waals surface area contributed by atoms with Gasteiger partial charge in [0.05, 0.1) is 7.11 Å². The fourth-order valence-electron chi connectivity index (χ4n) is 9.26. The molecule has 0 heterocycles. The van der Waals surface area contributed by atoms with Crippen molar-refractivity contribution in [2.45, 2.75) is 117 Å². The molecule has 4 rings (SSSR count). The summed E-state index contributed by atoms with van der Waals surface area (Å²) in [5.74, 6) is 4.53. The lowest BCUT2D eigenvalue weighted by molar-refractivity contribution is -0.141. The van der Waals surface area contributed by atoms with Crippen LogP contribution in [0, 0.1) is 40.4 Å². The van der Waals surface area contributed by atoms with Gasteiger partial charge in [-0.3, -0.25) is 4.79 Å². The Labute approximate surface area is 203 Å². The van der Waals surface area contributed by atoms with Gasteiger partial charge < -0.3 is 15.4 Å². The van der Waals surface area contributed by atoms with Crippen LogP contribution in [0.15, 0.2) is 0 Å². The van der Waals surface area contributed by atoms with Gasteiger partial charge in [0.1, 0.15) is 0 Å². The second-order valence-corrected chi connectivity index (χ2v) is 13.0. The highest BCUT2D eigenvalue weighted by atomic mass is 16.5. The molecule has 4 aliphatic rings. The lowest BCUT2D eigenvalue weighted by atomic mass is 9.44. The smallest absolute Gasteiger partial charge is 0.305 e. The third kappa shape index (κ3) is 5.17. The molecule has 33 heavy (non-hydrogen) atoms. The summed E-state index contributed by atoms with van der Waals surface area (Å²) in [6, 6.07) is 1.31. The SMILES string of the molecule is COC(=O)CCCC1CCC2C3CC[C@H]4CC(NCCNC(C)C)CCC4(C)C3CCC12C. The topological polar surface area (TPSA) is 50.4 Å². The molecule has 0 aromatic heterocycles. The van der Waals surface area contributed by atoms with Crippen molar-refractivity contribution in [3.8, 4) is 0 Å². The molecule has 8 atom stereocenters. The van der Waals surface area contributed by atoms with Gasteiger partial charge in [-0.15, -0.1) is 0 Å². The first-order valence-corrected chi connectivity index (χ1v) is 14.3. The maximum absolute atomic E-state index is 11.6. The van der Waals surface area contributed by atoms with Gasteiger partial charge >= 0.3 is 5.97 Å². The average Bonchev–Trinajstić information content (AvgIpc) is 3.12. The van der Waals surface area contributed by atoms with Crippen LogP contribution in [0.1, 0.15) is 105 Å². The van der Waals surface area contributed by atoms with E-state index in [-0.39, 0.29) is 5.97 Å². The average molecular weight is 461 g/mol. The van der Waals surface area contributed by atoms with E-state index in [2.05, 4.69) is 38.3 Å². The maximum atomic E-state index is 11.6. The zero-order valence-corrected chi connectivity index (χ0v) is 22.3. The minimum Gasteiger partial charge on any atom is -0.469 e. The summed E-state index contributed by atoms with van der Waals surface area (Å²) in [4.78, 5) is 11.6. The Morgan fingerprint density at radius 1 is 0.970 bits per heavy atom. The number of ether oxygens (including phenoxy) is 1. The lowest BCUT2D eigenvalue weighted by Crippen LogP contribution is -2.55. The predicted octanol–water partition coefficient (Wildman–Crippen LogP) is 5.94. The van der Waals surface area contributed by atoms with Crippen LogP contribution in [-0.2, 0) is 9.53 Å². The van der Waals surface area contributed by atoms with Crippen LogP contribution in [0.3, 0.4) is 0 Å². The van der Waals surface area contributed by atoms with Crippen molar-refractivity contribution >= 4 is 5.97 Å². The zero-order chi connectivity index (χ0) is 23.6. The number of rotatable bonds is 9. The molecule has 0 saturated heterocycles. The maximum Gasteiger partial charge on any atom is 0.305 e. The van der Waals surface area contributed by atoms with Crippen LogP contribution >= 0.6 is 0 Å². The van der Waals surface area contributed by atoms with Gasteiger partial charge in [-0.25, -0.2) is 0 Å². The summed E-state index contributed by atoms with van der Waals surface area (Å²) in [5, 5.41) is 7.43. The predicted molar refractivity (Wildman–Crippen MR) is 136 cm³/mol. The molecule has 4 heteroatoms. The Kier molecular flexibility index (Phi) is 8.16. The summed E-state index contributed by atoms with van der Waals surface area (Å²) in [6.45, 7) is 12.0. The summed E-state index contributed by atoms with van der Waals surface area (Å²) in [5.41, 5.74) is 1.09. The van der Waals surface area contributed by atoms with Gasteiger partial charge in [0.15, 0.2) is 0 Å². The van der Waals surface area contributed by atoms with Gasteiger partial charge in [-0.1, -0.05) is 27.7 Å². The first-order valence-electron chi connectivity index (χ1n) is 14.3. The van der Waals surface area contributed by atoms with Crippen molar-refractivity contribution in [3.05, 3.63) is 0 Å². The van der Waals surface area contributed by atoms with E-state index >= 15 is 0 Å². The van der Waals surface area contributed by atoms with E-state index in [1.807, 2.05) is 0 Å². The van der Waals surface area contributed by atoms with E-state index in [1.165, 1.54) is 71.3 Å².